The van der Waals surface area contributed by atoms with Crippen LogP contribution in [0.2, 0.25) is 0 Å². The number of anilines is 1. The average Bonchev–Trinajstić information content (AvgIpc) is 2.77. The van der Waals surface area contributed by atoms with E-state index < -0.39 is 0 Å². The van der Waals surface area contributed by atoms with Crippen LogP contribution in [0.4, 0.5) is 5.95 Å². The first-order valence-corrected chi connectivity index (χ1v) is 6.92. The lowest BCUT2D eigenvalue weighted by Gasteiger charge is -2.35. The fraction of sp³-hybridized carbons (Fsp3) is 0.308. The van der Waals surface area contributed by atoms with Crippen LogP contribution in [-0.4, -0.2) is 46.2 Å². The van der Waals surface area contributed by atoms with Gasteiger partial charge >= 0.3 is 0 Å². The Morgan fingerprint density at radius 2 is 1.65 bits per heavy atom. The molecule has 2 aliphatic heterocycles. The fourth-order valence-electron chi connectivity index (χ4n) is 2.30. The second-order valence-electron chi connectivity index (χ2n) is 4.63. The number of rotatable bonds is 1. The number of aromatic nitrogens is 2. The third-order valence-electron chi connectivity index (χ3n) is 3.41. The van der Waals surface area contributed by atoms with Gasteiger partial charge in [0.1, 0.15) is 0 Å². The van der Waals surface area contributed by atoms with Gasteiger partial charge < -0.3 is 15.2 Å². The lowest BCUT2D eigenvalue weighted by Crippen LogP contribution is -2.53. The summed E-state index contributed by atoms with van der Waals surface area (Å²) < 4.78 is 0. The maximum absolute atomic E-state index is 5.34. The van der Waals surface area contributed by atoms with Crippen LogP contribution in [0.5, 0.6) is 0 Å². The van der Waals surface area contributed by atoms with Gasteiger partial charge in [0.25, 0.3) is 0 Å². The molecule has 0 bridgehead atoms. The third kappa shape index (κ3) is 2.50. The highest BCUT2D eigenvalue weighted by Gasteiger charge is 2.22. The Bertz CT molecular complexity index is 550. The van der Waals surface area contributed by atoms with Gasteiger partial charge in [-0.1, -0.05) is 18.2 Å². The summed E-state index contributed by atoms with van der Waals surface area (Å²) in [5.41, 5.74) is 4.37. The molecule has 0 atom stereocenters. The zero-order valence-corrected chi connectivity index (χ0v) is 11.8. The molecule has 1 aliphatic carbocycles. The maximum atomic E-state index is 5.34. The van der Waals surface area contributed by atoms with Crippen molar-refractivity contribution in [3.63, 3.8) is 0 Å². The summed E-state index contributed by atoms with van der Waals surface area (Å²) >= 11 is 5.13. The van der Waals surface area contributed by atoms with Crippen molar-refractivity contribution in [2.45, 2.75) is 0 Å². The third-order valence-corrected chi connectivity index (χ3v) is 3.78. The van der Waals surface area contributed by atoms with E-state index in [9.17, 15) is 0 Å². The molecule has 7 heteroatoms. The zero-order chi connectivity index (χ0) is 13.9. The average molecular weight is 288 g/mol. The molecule has 104 valence electrons. The first kappa shape index (κ1) is 13.0. The largest absolute Gasteiger partial charge is 0.345 e. The Hall–Kier alpha value is -1.99. The summed E-state index contributed by atoms with van der Waals surface area (Å²) in [5, 5.41) is 0.588. The minimum atomic E-state index is 0.588. The molecule has 0 amide bonds. The van der Waals surface area contributed by atoms with E-state index in [1.807, 2.05) is 30.3 Å². The van der Waals surface area contributed by atoms with E-state index in [1.165, 1.54) is 0 Å². The van der Waals surface area contributed by atoms with E-state index in [0.29, 0.717) is 5.11 Å². The Balaban J connectivity index is 1.74. The van der Waals surface area contributed by atoms with E-state index >= 15 is 0 Å². The minimum Gasteiger partial charge on any atom is -0.345 e. The molecule has 0 radical (unpaired) electrons. The number of nitrogens with two attached hydrogens (primary N) is 1. The van der Waals surface area contributed by atoms with E-state index in [0.717, 1.165) is 43.5 Å². The lowest BCUT2D eigenvalue weighted by atomic mass is 10.3. The van der Waals surface area contributed by atoms with Crippen LogP contribution in [0, 0.1) is 0 Å². The fourth-order valence-corrected chi connectivity index (χ4v) is 2.48. The molecule has 0 aromatic rings. The van der Waals surface area contributed by atoms with Gasteiger partial charge in [0.05, 0.1) is 11.4 Å². The molecule has 3 N–H and O–H groups in total. The highest BCUT2D eigenvalue weighted by Crippen LogP contribution is 2.22. The quantitative estimate of drug-likeness (QED) is 0.448. The molecule has 1 saturated heterocycles. The van der Waals surface area contributed by atoms with Crippen LogP contribution >= 0.6 is 12.2 Å². The van der Waals surface area contributed by atoms with Crippen LogP contribution in [-0.2, 0) is 0 Å². The molecule has 20 heavy (non-hydrogen) atoms. The number of piperazine rings is 1. The van der Waals surface area contributed by atoms with Crippen molar-refractivity contribution in [3.05, 3.63) is 30.3 Å². The van der Waals surface area contributed by atoms with Crippen molar-refractivity contribution < 1.29 is 0 Å². The molecular weight excluding hydrogens is 272 g/mol. The number of hydrazine groups is 1. The normalized spacial score (nSPS) is 15.4. The second kappa shape index (κ2) is 5.56. The van der Waals surface area contributed by atoms with E-state index in [1.54, 1.807) is 0 Å². The Morgan fingerprint density at radius 3 is 2.20 bits per heavy atom. The number of nitrogens with one attached hydrogen (secondary N) is 1. The summed E-state index contributed by atoms with van der Waals surface area (Å²) in [4.78, 5) is 13.4. The summed E-state index contributed by atoms with van der Waals surface area (Å²) in [7, 11) is 0. The van der Waals surface area contributed by atoms with E-state index in [4.69, 9.17) is 18.1 Å². The van der Waals surface area contributed by atoms with Gasteiger partial charge in [0.2, 0.25) is 5.95 Å². The summed E-state index contributed by atoms with van der Waals surface area (Å²) in [5.74, 6) is 6.13. The highest BCUT2D eigenvalue weighted by molar-refractivity contribution is 7.80. The van der Waals surface area contributed by atoms with Crippen molar-refractivity contribution in [2.24, 2.45) is 5.84 Å². The van der Waals surface area contributed by atoms with Crippen LogP contribution in [0.15, 0.2) is 30.3 Å². The number of hydrogen-bond donors (Lipinski definition) is 2. The first-order chi connectivity index (χ1) is 9.78. The number of fused-ring (bicyclic) bond motifs is 1. The minimum absolute atomic E-state index is 0.588. The predicted octanol–water partition coefficient (Wildman–Crippen LogP) is 0.452. The van der Waals surface area contributed by atoms with Gasteiger partial charge in [0, 0.05) is 26.2 Å². The molecule has 6 nitrogen and oxygen atoms in total. The van der Waals surface area contributed by atoms with Gasteiger partial charge in [-0.15, -0.1) is 0 Å². The Labute approximate surface area is 122 Å². The van der Waals surface area contributed by atoms with Crippen molar-refractivity contribution >= 4 is 23.3 Å². The summed E-state index contributed by atoms with van der Waals surface area (Å²) in [6.45, 7) is 3.32. The highest BCUT2D eigenvalue weighted by atomic mass is 32.1. The van der Waals surface area contributed by atoms with Gasteiger partial charge in [0.15, 0.2) is 5.11 Å². The number of nitrogens with zero attached hydrogens (tertiary/aromatic N) is 4. The first-order valence-electron chi connectivity index (χ1n) is 6.51. The molecule has 3 aliphatic rings. The topological polar surface area (TPSA) is 70.3 Å². The molecule has 0 spiro atoms. The van der Waals surface area contributed by atoms with Crippen molar-refractivity contribution in [3.8, 4) is 11.4 Å². The number of imidazole rings is 1. The second-order valence-corrected chi connectivity index (χ2v) is 5.02. The van der Waals surface area contributed by atoms with E-state index in [2.05, 4.69) is 25.2 Å². The Morgan fingerprint density at radius 1 is 1.05 bits per heavy atom. The molecule has 0 saturated carbocycles. The van der Waals surface area contributed by atoms with Gasteiger partial charge in [-0.3, -0.25) is 0 Å². The molecule has 0 unspecified atom stereocenters. The van der Waals surface area contributed by atoms with Crippen molar-refractivity contribution in [1.82, 2.24) is 20.3 Å². The standard InChI is InChI=1S/C13H16N6S/c14-17-13(20)19-8-6-18(7-9-19)12-15-10-4-2-1-3-5-11(10)16-12/h1-5H,6-9,14H2,(H,17,20). The molecule has 3 rings (SSSR count). The van der Waals surface area contributed by atoms with Gasteiger partial charge in [-0.25, -0.2) is 15.8 Å². The monoisotopic (exact) mass is 288 g/mol. The summed E-state index contributed by atoms with van der Waals surface area (Å²) in [6, 6.07) is 9.89. The molecular formula is C13H16N6S. The van der Waals surface area contributed by atoms with Crippen LogP contribution in [0.1, 0.15) is 0 Å². The van der Waals surface area contributed by atoms with Crippen LogP contribution in [0.25, 0.3) is 11.4 Å². The number of thiocarbonyl (C=S) groups is 1. The van der Waals surface area contributed by atoms with Crippen LogP contribution in [0.3, 0.4) is 0 Å². The van der Waals surface area contributed by atoms with Crippen molar-refractivity contribution in [1.29, 1.82) is 0 Å². The molecule has 1 fully saturated rings. The molecule has 0 aromatic carbocycles. The molecule has 0 aromatic heterocycles. The van der Waals surface area contributed by atoms with Crippen molar-refractivity contribution in [2.75, 3.05) is 31.1 Å². The predicted molar refractivity (Wildman–Crippen MR) is 82.4 cm³/mol. The van der Waals surface area contributed by atoms with Crippen LogP contribution < -0.4 is 16.2 Å². The maximum Gasteiger partial charge on any atom is 0.226 e. The van der Waals surface area contributed by atoms with E-state index in [-0.39, 0.29) is 0 Å². The summed E-state index contributed by atoms with van der Waals surface area (Å²) in [6.07, 6.45) is 0. The molecule has 2 heterocycles. The smallest absolute Gasteiger partial charge is 0.226 e. The van der Waals surface area contributed by atoms with Gasteiger partial charge in [-0.05, 0) is 24.4 Å². The van der Waals surface area contributed by atoms with Gasteiger partial charge in [-0.2, -0.15) is 0 Å². The Kier molecular flexibility index (Phi) is 3.62. The number of hydrogen-bond acceptors (Lipinski definition) is 5. The zero-order valence-electron chi connectivity index (χ0n) is 11.0. The lowest BCUT2D eigenvalue weighted by molar-refractivity contribution is 0.379. The SMILES string of the molecule is NNC(=S)N1CCN(c2nc3cccccc-3n2)CC1.